The van der Waals surface area contributed by atoms with Gasteiger partial charge < -0.3 is 9.80 Å². The van der Waals surface area contributed by atoms with Crippen LogP contribution in [0.25, 0.3) is 0 Å². The van der Waals surface area contributed by atoms with Gasteiger partial charge >= 0.3 is 0 Å². The molecule has 2 aromatic rings. The molecule has 0 N–H and O–H groups in total. The molecule has 2 amide bonds. The molecule has 2 aliphatic rings. The molecule has 0 bridgehead atoms. The number of benzene rings is 2. The third-order valence-electron chi connectivity index (χ3n) is 6.68. The molecule has 0 spiro atoms. The second kappa shape index (κ2) is 9.94. The van der Waals surface area contributed by atoms with E-state index in [0.717, 1.165) is 45.2 Å². The Morgan fingerprint density at radius 2 is 1.59 bits per heavy atom. The maximum absolute atomic E-state index is 13.2. The molecule has 2 aliphatic heterocycles. The maximum Gasteiger partial charge on any atom is 0.269 e. The molecule has 168 valence electrons. The fourth-order valence-electron chi connectivity index (χ4n) is 4.83. The van der Waals surface area contributed by atoms with Crippen LogP contribution < -0.4 is 0 Å². The average Bonchev–Trinajstić information content (AvgIpc) is 2.84. The standard InChI is InChI=1S/C25H29N3O4/c29-24(21-8-10-23(11-9-21)28(31)32)27-14-4-7-22(18-27)25(30)26-15-12-20(13-16-26)17-19-5-2-1-3-6-19/h1-3,5-6,8-11,20,22H,4,7,12-18H2/t22-/m1/s1. The lowest BCUT2D eigenvalue weighted by atomic mass is 9.89. The molecular formula is C25H29N3O4. The van der Waals surface area contributed by atoms with E-state index >= 15 is 0 Å². The van der Waals surface area contributed by atoms with Gasteiger partial charge in [-0.1, -0.05) is 30.3 Å². The van der Waals surface area contributed by atoms with Crippen molar-refractivity contribution in [2.24, 2.45) is 11.8 Å². The quantitative estimate of drug-likeness (QED) is 0.526. The van der Waals surface area contributed by atoms with Crippen molar-refractivity contribution >= 4 is 17.5 Å². The molecule has 1 atom stereocenters. The Balaban J connectivity index is 1.30. The van der Waals surface area contributed by atoms with Crippen LogP contribution in [0.1, 0.15) is 41.6 Å². The van der Waals surface area contributed by atoms with Crippen molar-refractivity contribution in [1.82, 2.24) is 9.80 Å². The van der Waals surface area contributed by atoms with Crippen LogP contribution in [0.2, 0.25) is 0 Å². The second-order valence-corrected chi connectivity index (χ2v) is 8.85. The molecule has 0 unspecified atom stereocenters. The Kier molecular flexibility index (Phi) is 6.83. The van der Waals surface area contributed by atoms with Crippen molar-refractivity contribution in [2.45, 2.75) is 32.1 Å². The van der Waals surface area contributed by atoms with Gasteiger partial charge in [-0.2, -0.15) is 0 Å². The lowest BCUT2D eigenvalue weighted by Gasteiger charge is -2.38. The fraction of sp³-hybridized carbons (Fsp3) is 0.440. The van der Waals surface area contributed by atoms with Crippen LogP contribution in [0.3, 0.4) is 0 Å². The van der Waals surface area contributed by atoms with E-state index in [2.05, 4.69) is 24.3 Å². The van der Waals surface area contributed by atoms with Gasteiger partial charge in [0, 0.05) is 43.9 Å². The minimum absolute atomic E-state index is 0.0380. The number of nitrogens with zero attached hydrogens (tertiary/aromatic N) is 3. The van der Waals surface area contributed by atoms with Crippen molar-refractivity contribution in [1.29, 1.82) is 0 Å². The van der Waals surface area contributed by atoms with Crippen LogP contribution in [0, 0.1) is 22.0 Å². The second-order valence-electron chi connectivity index (χ2n) is 8.85. The highest BCUT2D eigenvalue weighted by molar-refractivity contribution is 5.95. The van der Waals surface area contributed by atoms with Crippen LogP contribution in [0.15, 0.2) is 54.6 Å². The van der Waals surface area contributed by atoms with E-state index in [4.69, 9.17) is 0 Å². The number of hydrogen-bond acceptors (Lipinski definition) is 4. The number of rotatable bonds is 5. The summed E-state index contributed by atoms with van der Waals surface area (Å²) in [5.74, 6) is 0.424. The zero-order valence-corrected chi connectivity index (χ0v) is 18.2. The topological polar surface area (TPSA) is 83.8 Å². The summed E-state index contributed by atoms with van der Waals surface area (Å²) < 4.78 is 0. The predicted octanol–water partition coefficient (Wildman–Crippen LogP) is 3.93. The molecule has 0 aliphatic carbocycles. The summed E-state index contributed by atoms with van der Waals surface area (Å²) in [6.45, 7) is 2.59. The van der Waals surface area contributed by atoms with Gasteiger partial charge in [0.05, 0.1) is 10.8 Å². The van der Waals surface area contributed by atoms with Gasteiger partial charge in [0.15, 0.2) is 0 Å². The van der Waals surface area contributed by atoms with Crippen LogP contribution in [-0.4, -0.2) is 52.7 Å². The highest BCUT2D eigenvalue weighted by Crippen LogP contribution is 2.26. The Bertz CT molecular complexity index is 953. The lowest BCUT2D eigenvalue weighted by molar-refractivity contribution is -0.384. The number of nitro groups is 1. The van der Waals surface area contributed by atoms with Crippen LogP contribution in [0.5, 0.6) is 0 Å². The summed E-state index contributed by atoms with van der Waals surface area (Å²) in [6, 6.07) is 16.2. The van der Waals surface area contributed by atoms with E-state index in [1.165, 1.54) is 29.8 Å². The minimum atomic E-state index is -0.479. The van der Waals surface area contributed by atoms with Crippen molar-refractivity contribution in [3.05, 3.63) is 75.8 Å². The van der Waals surface area contributed by atoms with Gasteiger partial charge in [-0.05, 0) is 55.7 Å². The number of hydrogen-bond donors (Lipinski definition) is 0. The molecule has 0 radical (unpaired) electrons. The largest absolute Gasteiger partial charge is 0.342 e. The SMILES string of the molecule is O=C(c1ccc([N+](=O)[O-])cc1)N1CCC[C@@H](C(=O)N2CCC(Cc3ccccc3)CC2)C1. The summed E-state index contributed by atoms with van der Waals surface area (Å²) >= 11 is 0. The first kappa shape index (κ1) is 22.0. The van der Waals surface area contributed by atoms with Crippen molar-refractivity contribution in [3.8, 4) is 0 Å². The number of amides is 2. The zero-order chi connectivity index (χ0) is 22.5. The molecule has 2 heterocycles. The van der Waals surface area contributed by atoms with E-state index < -0.39 is 4.92 Å². The van der Waals surface area contributed by atoms with E-state index in [1.807, 2.05) is 11.0 Å². The first-order chi connectivity index (χ1) is 15.5. The molecule has 7 nitrogen and oxygen atoms in total. The zero-order valence-electron chi connectivity index (χ0n) is 18.2. The van der Waals surface area contributed by atoms with Crippen LogP contribution in [-0.2, 0) is 11.2 Å². The van der Waals surface area contributed by atoms with Gasteiger partial charge in [0.2, 0.25) is 5.91 Å². The average molecular weight is 436 g/mol. The third kappa shape index (κ3) is 5.15. The first-order valence-electron chi connectivity index (χ1n) is 11.4. The Hall–Kier alpha value is -3.22. The number of non-ortho nitro benzene ring substituents is 1. The van der Waals surface area contributed by atoms with Gasteiger partial charge in [0.25, 0.3) is 11.6 Å². The lowest BCUT2D eigenvalue weighted by Crippen LogP contribution is -2.48. The monoisotopic (exact) mass is 435 g/mol. The van der Waals surface area contributed by atoms with Crippen LogP contribution >= 0.6 is 0 Å². The number of carbonyl (C=O) groups is 2. The van der Waals surface area contributed by atoms with E-state index in [1.54, 1.807) is 4.90 Å². The molecule has 2 fully saturated rings. The summed E-state index contributed by atoms with van der Waals surface area (Å²) in [5.41, 5.74) is 1.74. The van der Waals surface area contributed by atoms with Crippen LogP contribution in [0.4, 0.5) is 5.69 Å². The molecule has 4 rings (SSSR count). The number of piperidine rings is 2. The van der Waals surface area contributed by atoms with Crippen molar-refractivity contribution in [2.75, 3.05) is 26.2 Å². The van der Waals surface area contributed by atoms with Gasteiger partial charge in [0.1, 0.15) is 0 Å². The summed E-state index contributed by atoms with van der Waals surface area (Å²) in [5, 5.41) is 10.8. The van der Waals surface area contributed by atoms with Gasteiger partial charge in [-0.25, -0.2) is 0 Å². The van der Waals surface area contributed by atoms with E-state index in [0.29, 0.717) is 24.6 Å². The maximum atomic E-state index is 13.2. The van der Waals surface area contributed by atoms with E-state index in [9.17, 15) is 19.7 Å². The normalized spacial score (nSPS) is 19.6. The Morgan fingerprint density at radius 1 is 0.906 bits per heavy atom. The minimum Gasteiger partial charge on any atom is -0.342 e. The molecular weight excluding hydrogens is 406 g/mol. The fourth-order valence-corrected chi connectivity index (χ4v) is 4.83. The summed E-state index contributed by atoms with van der Waals surface area (Å²) in [4.78, 5) is 40.1. The number of likely N-dealkylation sites (tertiary alicyclic amines) is 2. The molecule has 32 heavy (non-hydrogen) atoms. The van der Waals surface area contributed by atoms with Crippen molar-refractivity contribution in [3.63, 3.8) is 0 Å². The summed E-state index contributed by atoms with van der Waals surface area (Å²) in [6.07, 6.45) is 4.67. The van der Waals surface area contributed by atoms with Crippen molar-refractivity contribution < 1.29 is 14.5 Å². The molecule has 0 saturated carbocycles. The number of nitro benzene ring substituents is 1. The Labute approximate surface area is 188 Å². The molecule has 2 saturated heterocycles. The predicted molar refractivity (Wildman–Crippen MR) is 121 cm³/mol. The highest BCUT2D eigenvalue weighted by Gasteiger charge is 2.33. The van der Waals surface area contributed by atoms with Gasteiger partial charge in [-0.3, -0.25) is 19.7 Å². The van der Waals surface area contributed by atoms with Gasteiger partial charge in [-0.15, -0.1) is 0 Å². The smallest absolute Gasteiger partial charge is 0.269 e. The molecule has 2 aromatic carbocycles. The number of carbonyl (C=O) groups excluding carboxylic acids is 2. The first-order valence-corrected chi connectivity index (χ1v) is 11.4. The van der Waals surface area contributed by atoms with E-state index in [-0.39, 0.29) is 23.4 Å². The Morgan fingerprint density at radius 3 is 2.25 bits per heavy atom. The molecule has 0 aromatic heterocycles. The molecule has 7 heteroatoms. The highest BCUT2D eigenvalue weighted by atomic mass is 16.6. The third-order valence-corrected chi connectivity index (χ3v) is 6.68. The summed E-state index contributed by atoms with van der Waals surface area (Å²) in [7, 11) is 0.